The zero-order chi connectivity index (χ0) is 15.9. The quantitative estimate of drug-likeness (QED) is 0.657. The van der Waals surface area contributed by atoms with Gasteiger partial charge < -0.3 is 10.1 Å². The number of thiophene rings is 1. The van der Waals surface area contributed by atoms with E-state index in [1.165, 1.54) is 6.08 Å². The summed E-state index contributed by atoms with van der Waals surface area (Å²) in [7, 11) is 0. The Balaban J connectivity index is 1.58. The highest BCUT2D eigenvalue weighted by atomic mass is 32.1. The molecule has 0 saturated carbocycles. The van der Waals surface area contributed by atoms with Gasteiger partial charge in [0.05, 0.1) is 0 Å². The lowest BCUT2D eigenvalue weighted by Crippen LogP contribution is -2.07. The van der Waals surface area contributed by atoms with Crippen LogP contribution in [0.5, 0.6) is 11.5 Å². The number of hydrogen-bond donors (Lipinski definition) is 1. The third-order valence-corrected chi connectivity index (χ3v) is 3.88. The summed E-state index contributed by atoms with van der Waals surface area (Å²) in [5.41, 5.74) is 0.728. The van der Waals surface area contributed by atoms with E-state index in [2.05, 4.69) is 5.32 Å². The molecule has 0 bridgehead atoms. The molecule has 23 heavy (non-hydrogen) atoms. The number of carbonyl (C=O) groups excluding carboxylic acids is 1. The van der Waals surface area contributed by atoms with Crippen molar-refractivity contribution in [1.29, 1.82) is 0 Å². The van der Waals surface area contributed by atoms with Crippen LogP contribution < -0.4 is 10.1 Å². The molecule has 1 aromatic heterocycles. The number of amides is 1. The second-order valence-corrected chi connectivity index (χ2v) is 5.76. The molecule has 114 valence electrons. The molecule has 0 saturated heterocycles. The summed E-state index contributed by atoms with van der Waals surface area (Å²) in [6.45, 7) is 0. The largest absolute Gasteiger partial charge is 0.457 e. The molecule has 3 aromatic rings. The Morgan fingerprint density at radius 1 is 0.913 bits per heavy atom. The molecule has 1 heterocycles. The summed E-state index contributed by atoms with van der Waals surface area (Å²) < 4.78 is 5.71. The van der Waals surface area contributed by atoms with E-state index in [-0.39, 0.29) is 5.91 Å². The van der Waals surface area contributed by atoms with E-state index in [1.54, 1.807) is 17.4 Å². The smallest absolute Gasteiger partial charge is 0.248 e. The van der Waals surface area contributed by atoms with Crippen molar-refractivity contribution in [2.75, 3.05) is 5.32 Å². The van der Waals surface area contributed by atoms with Crippen molar-refractivity contribution < 1.29 is 9.53 Å². The Labute approximate surface area is 138 Å². The molecule has 0 radical (unpaired) electrons. The molecule has 0 aliphatic carbocycles. The molecule has 1 N–H and O–H groups in total. The van der Waals surface area contributed by atoms with Crippen LogP contribution in [-0.2, 0) is 4.79 Å². The number of para-hydroxylation sites is 1. The molecular formula is C19H15NO2S. The molecule has 0 aliphatic heterocycles. The number of hydrogen-bond acceptors (Lipinski definition) is 3. The minimum atomic E-state index is -0.157. The first-order valence-corrected chi connectivity index (χ1v) is 8.03. The summed E-state index contributed by atoms with van der Waals surface area (Å²) in [6.07, 6.45) is 3.33. The zero-order valence-electron chi connectivity index (χ0n) is 12.3. The minimum absolute atomic E-state index is 0.157. The number of carbonyl (C=O) groups is 1. The SMILES string of the molecule is O=C(/C=C/c1cccs1)Nc1ccc(Oc2ccccc2)cc1. The topological polar surface area (TPSA) is 38.3 Å². The number of anilines is 1. The van der Waals surface area contributed by atoms with Gasteiger partial charge in [-0.2, -0.15) is 0 Å². The fraction of sp³-hybridized carbons (Fsp3) is 0. The number of nitrogens with one attached hydrogen (secondary N) is 1. The second kappa shape index (κ2) is 7.42. The summed E-state index contributed by atoms with van der Waals surface area (Å²) in [5.74, 6) is 1.35. The van der Waals surface area contributed by atoms with Crippen molar-refractivity contribution >= 4 is 29.0 Å². The molecule has 0 aliphatic rings. The third kappa shape index (κ3) is 4.56. The zero-order valence-corrected chi connectivity index (χ0v) is 13.1. The Bertz CT molecular complexity index is 778. The van der Waals surface area contributed by atoms with E-state index in [4.69, 9.17) is 4.74 Å². The van der Waals surface area contributed by atoms with Gasteiger partial charge in [-0.15, -0.1) is 11.3 Å². The molecule has 0 atom stereocenters. The normalized spacial score (nSPS) is 10.6. The number of benzene rings is 2. The molecule has 3 nitrogen and oxygen atoms in total. The van der Waals surface area contributed by atoms with Crippen LogP contribution in [0.4, 0.5) is 5.69 Å². The van der Waals surface area contributed by atoms with Crippen LogP contribution in [0, 0.1) is 0 Å². The Kier molecular flexibility index (Phi) is 4.86. The minimum Gasteiger partial charge on any atom is -0.457 e. The van der Waals surface area contributed by atoms with Gasteiger partial charge in [0.1, 0.15) is 11.5 Å². The maximum absolute atomic E-state index is 11.9. The molecule has 3 rings (SSSR count). The van der Waals surface area contributed by atoms with Gasteiger partial charge in [-0.1, -0.05) is 24.3 Å². The standard InChI is InChI=1S/C19H15NO2S/c21-19(13-12-18-7-4-14-23-18)20-15-8-10-17(11-9-15)22-16-5-2-1-3-6-16/h1-14H,(H,20,21)/b13-12+. The molecule has 0 fully saturated rings. The molecular weight excluding hydrogens is 306 g/mol. The van der Waals surface area contributed by atoms with Gasteiger partial charge in [0.15, 0.2) is 0 Å². The van der Waals surface area contributed by atoms with Gasteiger partial charge in [0.2, 0.25) is 5.91 Å². The predicted octanol–water partition coefficient (Wildman–Crippen LogP) is 5.19. The summed E-state index contributed by atoms with van der Waals surface area (Å²) >= 11 is 1.59. The molecule has 1 amide bonds. The van der Waals surface area contributed by atoms with Crippen molar-refractivity contribution in [3.63, 3.8) is 0 Å². The van der Waals surface area contributed by atoms with E-state index in [0.29, 0.717) is 0 Å². The van der Waals surface area contributed by atoms with Gasteiger partial charge in [0, 0.05) is 16.6 Å². The van der Waals surface area contributed by atoms with Gasteiger partial charge in [-0.25, -0.2) is 0 Å². The predicted molar refractivity (Wildman–Crippen MR) is 94.9 cm³/mol. The van der Waals surface area contributed by atoms with E-state index in [1.807, 2.05) is 72.1 Å². The van der Waals surface area contributed by atoms with Gasteiger partial charge in [-0.05, 0) is 53.9 Å². The van der Waals surface area contributed by atoms with Crippen LogP contribution in [0.1, 0.15) is 4.88 Å². The van der Waals surface area contributed by atoms with Crippen LogP contribution in [-0.4, -0.2) is 5.91 Å². The Morgan fingerprint density at radius 2 is 1.65 bits per heavy atom. The third-order valence-electron chi connectivity index (χ3n) is 3.04. The van der Waals surface area contributed by atoms with Gasteiger partial charge in [0.25, 0.3) is 0 Å². The van der Waals surface area contributed by atoms with Crippen LogP contribution >= 0.6 is 11.3 Å². The molecule has 2 aromatic carbocycles. The van der Waals surface area contributed by atoms with E-state index >= 15 is 0 Å². The lowest BCUT2D eigenvalue weighted by atomic mass is 10.3. The van der Waals surface area contributed by atoms with E-state index in [9.17, 15) is 4.79 Å². The average Bonchev–Trinajstić information content (AvgIpc) is 3.09. The number of rotatable bonds is 5. The molecule has 4 heteroatoms. The lowest BCUT2D eigenvalue weighted by molar-refractivity contribution is -0.111. The highest BCUT2D eigenvalue weighted by molar-refractivity contribution is 7.10. The monoisotopic (exact) mass is 321 g/mol. The maximum Gasteiger partial charge on any atom is 0.248 e. The highest BCUT2D eigenvalue weighted by Crippen LogP contribution is 2.22. The molecule has 0 unspecified atom stereocenters. The Hall–Kier alpha value is -2.85. The lowest BCUT2D eigenvalue weighted by Gasteiger charge is -2.07. The van der Waals surface area contributed by atoms with Crippen molar-refractivity contribution in [2.24, 2.45) is 0 Å². The van der Waals surface area contributed by atoms with E-state index < -0.39 is 0 Å². The fourth-order valence-electron chi connectivity index (χ4n) is 1.96. The highest BCUT2D eigenvalue weighted by Gasteiger charge is 2.00. The molecule has 0 spiro atoms. The second-order valence-electron chi connectivity index (χ2n) is 4.78. The first kappa shape index (κ1) is 15.1. The van der Waals surface area contributed by atoms with Crippen LogP contribution in [0.3, 0.4) is 0 Å². The van der Waals surface area contributed by atoms with Crippen molar-refractivity contribution in [3.05, 3.63) is 83.1 Å². The summed E-state index contributed by atoms with van der Waals surface area (Å²) in [5, 5.41) is 4.79. The van der Waals surface area contributed by atoms with Crippen molar-refractivity contribution in [2.45, 2.75) is 0 Å². The van der Waals surface area contributed by atoms with Crippen LogP contribution in [0.2, 0.25) is 0 Å². The van der Waals surface area contributed by atoms with Crippen molar-refractivity contribution in [3.8, 4) is 11.5 Å². The van der Waals surface area contributed by atoms with E-state index in [0.717, 1.165) is 22.1 Å². The van der Waals surface area contributed by atoms with Crippen molar-refractivity contribution in [1.82, 2.24) is 0 Å². The average molecular weight is 321 g/mol. The van der Waals surface area contributed by atoms with Gasteiger partial charge in [-0.3, -0.25) is 4.79 Å². The fourth-order valence-corrected chi connectivity index (χ4v) is 2.58. The first-order valence-electron chi connectivity index (χ1n) is 7.15. The first-order chi connectivity index (χ1) is 11.3. The summed E-state index contributed by atoms with van der Waals surface area (Å²) in [4.78, 5) is 12.9. The van der Waals surface area contributed by atoms with Crippen LogP contribution in [0.15, 0.2) is 78.2 Å². The maximum atomic E-state index is 11.9. The van der Waals surface area contributed by atoms with Gasteiger partial charge >= 0.3 is 0 Å². The summed E-state index contributed by atoms with van der Waals surface area (Å²) in [6, 6.07) is 20.8. The Morgan fingerprint density at radius 3 is 2.35 bits per heavy atom. The number of ether oxygens (including phenoxy) is 1. The van der Waals surface area contributed by atoms with Crippen LogP contribution in [0.25, 0.3) is 6.08 Å².